The van der Waals surface area contributed by atoms with Gasteiger partial charge >= 0.3 is 0 Å². The molecule has 0 saturated heterocycles. The highest BCUT2D eigenvalue weighted by Crippen LogP contribution is 2.34. The summed E-state index contributed by atoms with van der Waals surface area (Å²) in [5.41, 5.74) is 4.34. The molecule has 0 radical (unpaired) electrons. The van der Waals surface area contributed by atoms with Crippen molar-refractivity contribution in [1.29, 1.82) is 0 Å². The Morgan fingerprint density at radius 3 is 2.04 bits per heavy atom. The molecule has 1 N–H and O–H groups in total. The number of rotatable bonds is 1. The van der Waals surface area contributed by atoms with Gasteiger partial charge in [-0.05, 0) is 18.6 Å². The molecule has 1 unspecified atom stereocenters. The van der Waals surface area contributed by atoms with Gasteiger partial charge in [-0.25, -0.2) is 0 Å². The van der Waals surface area contributed by atoms with Crippen LogP contribution in [0.3, 0.4) is 0 Å². The molecular formula is C26H37NO. The summed E-state index contributed by atoms with van der Waals surface area (Å²) in [6, 6.07) is 14.7. The Labute approximate surface area is 171 Å². The fourth-order valence-corrected chi connectivity index (χ4v) is 2.78. The Morgan fingerprint density at radius 1 is 0.821 bits per heavy atom. The lowest BCUT2D eigenvalue weighted by Crippen LogP contribution is -2.16. The molecule has 0 amide bonds. The number of para-hydroxylation sites is 2. The van der Waals surface area contributed by atoms with Gasteiger partial charge in [0, 0.05) is 22.5 Å². The van der Waals surface area contributed by atoms with Crippen molar-refractivity contribution < 1.29 is 4.42 Å². The van der Waals surface area contributed by atoms with Gasteiger partial charge in [0.05, 0.1) is 6.04 Å². The molecule has 28 heavy (non-hydrogen) atoms. The summed E-state index contributed by atoms with van der Waals surface area (Å²) in [6.45, 7) is 20.1. The van der Waals surface area contributed by atoms with E-state index in [0.29, 0.717) is 0 Å². The van der Waals surface area contributed by atoms with E-state index < -0.39 is 0 Å². The van der Waals surface area contributed by atoms with Crippen molar-refractivity contribution in [2.24, 2.45) is 0 Å². The first-order valence-corrected chi connectivity index (χ1v) is 10.3. The third kappa shape index (κ3) is 5.88. The van der Waals surface area contributed by atoms with Crippen LogP contribution >= 0.6 is 0 Å². The quantitative estimate of drug-likeness (QED) is 0.428. The zero-order valence-electron chi connectivity index (χ0n) is 18.7. The first kappa shape index (κ1) is 25.3. The molecular weight excluding hydrogens is 342 g/mol. The topological polar surface area (TPSA) is 25.2 Å². The Morgan fingerprint density at radius 2 is 1.43 bits per heavy atom. The molecule has 1 aromatic heterocycles. The molecule has 1 aliphatic rings. The molecule has 0 bridgehead atoms. The number of hydrogen-bond donors (Lipinski definition) is 1. The van der Waals surface area contributed by atoms with Crippen molar-refractivity contribution >= 4 is 21.9 Å². The normalized spacial score (nSPS) is 13.8. The molecule has 0 fully saturated rings. The van der Waals surface area contributed by atoms with Crippen LogP contribution in [0.2, 0.25) is 0 Å². The maximum atomic E-state index is 6.07. The van der Waals surface area contributed by atoms with E-state index in [1.807, 2.05) is 59.9 Å². The fourth-order valence-electron chi connectivity index (χ4n) is 2.78. The van der Waals surface area contributed by atoms with E-state index in [-0.39, 0.29) is 6.04 Å². The minimum absolute atomic E-state index is 0.169. The smallest absolute Gasteiger partial charge is 0.141 e. The summed E-state index contributed by atoms with van der Waals surface area (Å²) >= 11 is 0. The number of hydrogen-bond acceptors (Lipinski definition) is 2. The van der Waals surface area contributed by atoms with Crippen molar-refractivity contribution in [2.45, 2.75) is 54.5 Å². The van der Waals surface area contributed by atoms with Gasteiger partial charge in [0.2, 0.25) is 0 Å². The van der Waals surface area contributed by atoms with Gasteiger partial charge in [0.15, 0.2) is 0 Å². The highest BCUT2D eigenvalue weighted by molar-refractivity contribution is 6.05. The van der Waals surface area contributed by atoms with Gasteiger partial charge in [0.1, 0.15) is 11.2 Å². The molecule has 0 aliphatic carbocycles. The van der Waals surface area contributed by atoms with Crippen LogP contribution in [0, 0.1) is 0 Å². The van der Waals surface area contributed by atoms with Crippen LogP contribution in [0.15, 0.2) is 84.0 Å². The molecule has 1 atom stereocenters. The first-order valence-electron chi connectivity index (χ1n) is 10.3. The molecule has 2 heteroatoms. The summed E-state index contributed by atoms with van der Waals surface area (Å²) in [5, 5.41) is 5.77. The minimum Gasteiger partial charge on any atom is -0.456 e. The molecule has 152 valence electrons. The Hall–Kier alpha value is -2.74. The SMILES string of the molecule is C=C.CC.CC.CC.CC1=CNC(c2cccc3c2oc2ccccc23)C=C1. The van der Waals surface area contributed by atoms with Gasteiger partial charge in [-0.15, -0.1) is 13.2 Å². The molecule has 2 heterocycles. The maximum Gasteiger partial charge on any atom is 0.141 e. The molecule has 4 rings (SSSR count). The second-order valence-corrected chi connectivity index (χ2v) is 5.21. The van der Waals surface area contributed by atoms with Crippen molar-refractivity contribution in [2.75, 3.05) is 0 Å². The lowest BCUT2D eigenvalue weighted by molar-refractivity contribution is 0.648. The van der Waals surface area contributed by atoms with Crippen LogP contribution in [-0.2, 0) is 0 Å². The number of furan rings is 1. The number of dihydropyridines is 1. The van der Waals surface area contributed by atoms with Crippen molar-refractivity contribution in [3.05, 3.63) is 85.1 Å². The summed E-state index contributed by atoms with van der Waals surface area (Å²) in [7, 11) is 0. The van der Waals surface area contributed by atoms with Gasteiger partial charge in [-0.1, -0.05) is 90.1 Å². The third-order valence-electron chi connectivity index (χ3n) is 3.81. The van der Waals surface area contributed by atoms with Gasteiger partial charge < -0.3 is 9.73 Å². The standard InChI is InChI=1S/C18H15NO.3C2H6.C2H4/c1-12-9-10-16(19-11-12)15-7-4-6-14-13-5-2-3-8-17(13)20-18(14)15;4*1-2/h2-11,16,19H,1H3;3*1-2H3;1-2H2. The van der Waals surface area contributed by atoms with Crippen LogP contribution in [0.5, 0.6) is 0 Å². The average molecular weight is 380 g/mol. The predicted molar refractivity (Wildman–Crippen MR) is 128 cm³/mol. The molecule has 0 spiro atoms. The highest BCUT2D eigenvalue weighted by Gasteiger charge is 2.16. The second kappa shape index (κ2) is 14.3. The van der Waals surface area contributed by atoms with Gasteiger partial charge in [-0.3, -0.25) is 0 Å². The summed E-state index contributed by atoms with van der Waals surface area (Å²) < 4.78 is 6.07. The molecule has 0 saturated carbocycles. The zero-order valence-corrected chi connectivity index (χ0v) is 18.7. The number of nitrogens with one attached hydrogen (secondary N) is 1. The van der Waals surface area contributed by atoms with E-state index >= 15 is 0 Å². The van der Waals surface area contributed by atoms with E-state index in [2.05, 4.69) is 67.9 Å². The van der Waals surface area contributed by atoms with Gasteiger partial charge in [-0.2, -0.15) is 0 Å². The monoisotopic (exact) mass is 379 g/mol. The van der Waals surface area contributed by atoms with Gasteiger partial charge in [0.25, 0.3) is 0 Å². The number of allylic oxidation sites excluding steroid dienone is 2. The van der Waals surface area contributed by atoms with Crippen LogP contribution in [0.1, 0.15) is 60.1 Å². The van der Waals surface area contributed by atoms with Crippen molar-refractivity contribution in [1.82, 2.24) is 5.32 Å². The molecule has 2 aromatic carbocycles. The van der Waals surface area contributed by atoms with E-state index in [1.165, 1.54) is 21.9 Å². The lowest BCUT2D eigenvalue weighted by Gasteiger charge is -2.18. The molecule has 3 aromatic rings. The van der Waals surface area contributed by atoms with Crippen LogP contribution < -0.4 is 5.32 Å². The summed E-state index contributed by atoms with van der Waals surface area (Å²) in [5.74, 6) is 0. The zero-order chi connectivity index (χ0) is 21.5. The molecule has 1 aliphatic heterocycles. The Balaban J connectivity index is 0.000000818. The van der Waals surface area contributed by atoms with E-state index in [9.17, 15) is 0 Å². The number of fused-ring (bicyclic) bond motifs is 3. The Kier molecular flexibility index (Phi) is 12.9. The minimum atomic E-state index is 0.169. The first-order chi connectivity index (χ1) is 13.8. The average Bonchev–Trinajstić information content (AvgIpc) is 3.19. The third-order valence-corrected chi connectivity index (χ3v) is 3.81. The highest BCUT2D eigenvalue weighted by atomic mass is 16.3. The fraction of sp³-hybridized carbons (Fsp3) is 0.308. The van der Waals surface area contributed by atoms with Crippen molar-refractivity contribution in [3.8, 4) is 0 Å². The Bertz CT molecular complexity index is 870. The summed E-state index contributed by atoms with van der Waals surface area (Å²) in [6.07, 6.45) is 6.37. The predicted octanol–water partition coefficient (Wildman–Crippen LogP) is 8.57. The van der Waals surface area contributed by atoms with E-state index in [1.54, 1.807) is 0 Å². The maximum absolute atomic E-state index is 6.07. The van der Waals surface area contributed by atoms with Crippen LogP contribution in [0.4, 0.5) is 0 Å². The van der Waals surface area contributed by atoms with E-state index in [4.69, 9.17) is 4.42 Å². The van der Waals surface area contributed by atoms with Crippen molar-refractivity contribution in [3.63, 3.8) is 0 Å². The van der Waals surface area contributed by atoms with Crippen LogP contribution in [0.25, 0.3) is 21.9 Å². The lowest BCUT2D eigenvalue weighted by atomic mass is 10.0. The van der Waals surface area contributed by atoms with E-state index in [0.717, 1.165) is 11.2 Å². The molecule has 2 nitrogen and oxygen atoms in total. The summed E-state index contributed by atoms with van der Waals surface area (Å²) in [4.78, 5) is 0. The largest absolute Gasteiger partial charge is 0.456 e. The second-order valence-electron chi connectivity index (χ2n) is 5.21. The van der Waals surface area contributed by atoms with Crippen LogP contribution in [-0.4, -0.2) is 0 Å². The number of benzene rings is 2.